The van der Waals surface area contributed by atoms with Crippen molar-refractivity contribution in [2.45, 2.75) is 24.4 Å². The van der Waals surface area contributed by atoms with Crippen LogP contribution in [-0.2, 0) is 0 Å². The van der Waals surface area contributed by atoms with E-state index in [0.717, 1.165) is 5.69 Å². The molecule has 1 fully saturated rings. The molecule has 5 atom stereocenters. The third-order valence-electron chi connectivity index (χ3n) is 3.75. The monoisotopic (exact) mass is 253 g/mol. The van der Waals surface area contributed by atoms with Crippen LogP contribution in [0.4, 0.5) is 5.69 Å². The Kier molecular flexibility index (Phi) is 3.87. The Bertz CT molecular complexity index is 386. The largest absolute Gasteiger partial charge is 0.396 e. The van der Waals surface area contributed by atoms with Crippen LogP contribution in [0.3, 0.4) is 0 Å². The van der Waals surface area contributed by atoms with E-state index < -0.39 is 30.3 Å². The molecule has 1 saturated carbocycles. The zero-order chi connectivity index (χ0) is 13.3. The first-order valence-corrected chi connectivity index (χ1v) is 6.01. The second-order valence-electron chi connectivity index (χ2n) is 4.76. The molecule has 4 N–H and O–H groups in total. The molecular formula is C13H19NO4. The average molecular weight is 253 g/mol. The van der Waals surface area contributed by atoms with Crippen LogP contribution in [0.15, 0.2) is 30.3 Å². The molecule has 18 heavy (non-hydrogen) atoms. The Morgan fingerprint density at radius 3 is 2.17 bits per heavy atom. The minimum Gasteiger partial charge on any atom is -0.396 e. The SMILES string of the molecule is CN(c1ccccc1)[C@@H]1[C@@H](O)[C@@H](O)[C@H](O)[C@H]1CO. The standard InChI is InChI=1S/C13H19NO4/c1-14(8-5-3-2-4-6-8)10-9(7-15)11(16)13(18)12(10)17/h2-6,9-13,15-18H,7H2,1H3/t9-,10-,11+,12+,13-/m0/s1. The van der Waals surface area contributed by atoms with Gasteiger partial charge in [0, 0.05) is 18.7 Å². The summed E-state index contributed by atoms with van der Waals surface area (Å²) in [5.41, 5.74) is 0.862. The Morgan fingerprint density at radius 2 is 1.61 bits per heavy atom. The Balaban J connectivity index is 2.26. The zero-order valence-corrected chi connectivity index (χ0v) is 10.2. The maximum Gasteiger partial charge on any atom is 0.108 e. The second-order valence-corrected chi connectivity index (χ2v) is 4.76. The van der Waals surface area contributed by atoms with E-state index in [0.29, 0.717) is 0 Å². The van der Waals surface area contributed by atoms with E-state index >= 15 is 0 Å². The molecule has 0 radical (unpaired) electrons. The van der Waals surface area contributed by atoms with Crippen LogP contribution in [0, 0.1) is 5.92 Å². The lowest BCUT2D eigenvalue weighted by Crippen LogP contribution is -2.45. The lowest BCUT2D eigenvalue weighted by atomic mass is 10.0. The highest BCUT2D eigenvalue weighted by atomic mass is 16.4. The maximum atomic E-state index is 10.00. The molecular weight excluding hydrogens is 234 g/mol. The summed E-state index contributed by atoms with van der Waals surface area (Å²) < 4.78 is 0. The second kappa shape index (κ2) is 5.24. The normalized spacial score (nSPS) is 35.7. The van der Waals surface area contributed by atoms with Crippen LogP contribution in [0.1, 0.15) is 0 Å². The Labute approximate surface area is 106 Å². The van der Waals surface area contributed by atoms with Crippen molar-refractivity contribution >= 4 is 5.69 Å². The highest BCUT2D eigenvalue weighted by Gasteiger charge is 2.50. The summed E-state index contributed by atoms with van der Waals surface area (Å²) in [6, 6.07) is 8.86. The van der Waals surface area contributed by atoms with Gasteiger partial charge in [0.15, 0.2) is 0 Å². The van der Waals surface area contributed by atoms with Crippen molar-refractivity contribution in [3.63, 3.8) is 0 Å². The van der Waals surface area contributed by atoms with E-state index in [9.17, 15) is 20.4 Å². The molecule has 0 amide bonds. The molecule has 0 heterocycles. The molecule has 1 aliphatic carbocycles. The topological polar surface area (TPSA) is 84.2 Å². The minimum atomic E-state index is -1.22. The first kappa shape index (κ1) is 13.3. The van der Waals surface area contributed by atoms with Crippen molar-refractivity contribution in [3.8, 4) is 0 Å². The van der Waals surface area contributed by atoms with Gasteiger partial charge in [-0.3, -0.25) is 0 Å². The van der Waals surface area contributed by atoms with Gasteiger partial charge in [-0.1, -0.05) is 18.2 Å². The van der Waals surface area contributed by atoms with Crippen LogP contribution < -0.4 is 4.90 Å². The van der Waals surface area contributed by atoms with Crippen LogP contribution >= 0.6 is 0 Å². The van der Waals surface area contributed by atoms with E-state index in [1.54, 1.807) is 11.9 Å². The van der Waals surface area contributed by atoms with Crippen LogP contribution in [-0.4, -0.2) is 58.4 Å². The van der Waals surface area contributed by atoms with Gasteiger partial charge in [-0.25, -0.2) is 0 Å². The fraction of sp³-hybridized carbons (Fsp3) is 0.538. The van der Waals surface area contributed by atoms with Crippen LogP contribution in [0.25, 0.3) is 0 Å². The fourth-order valence-corrected chi connectivity index (χ4v) is 2.68. The first-order valence-electron chi connectivity index (χ1n) is 6.01. The summed E-state index contributed by atoms with van der Waals surface area (Å²) in [5, 5.41) is 38.8. The molecule has 1 aromatic carbocycles. The summed E-state index contributed by atoms with van der Waals surface area (Å²) in [6.45, 7) is -0.281. The number of hydrogen-bond donors (Lipinski definition) is 4. The smallest absolute Gasteiger partial charge is 0.108 e. The minimum absolute atomic E-state index is 0.281. The predicted molar refractivity (Wildman–Crippen MR) is 67.2 cm³/mol. The van der Waals surface area contributed by atoms with Crippen LogP contribution in [0.2, 0.25) is 0 Å². The number of nitrogens with zero attached hydrogens (tertiary/aromatic N) is 1. The molecule has 100 valence electrons. The van der Waals surface area contributed by atoms with Gasteiger partial charge >= 0.3 is 0 Å². The number of aliphatic hydroxyl groups excluding tert-OH is 4. The van der Waals surface area contributed by atoms with Crippen molar-refractivity contribution in [1.29, 1.82) is 0 Å². The Hall–Kier alpha value is -1.14. The first-order chi connectivity index (χ1) is 8.57. The summed E-state index contributed by atoms with van der Waals surface area (Å²) in [5.74, 6) is -0.569. The molecule has 0 unspecified atom stereocenters. The molecule has 5 heteroatoms. The molecule has 1 aromatic rings. The number of likely N-dealkylation sites (N-methyl/N-ethyl adjacent to an activating group) is 1. The summed E-state index contributed by atoms with van der Waals surface area (Å²) in [6.07, 6.45) is -3.41. The zero-order valence-electron chi connectivity index (χ0n) is 10.2. The van der Waals surface area contributed by atoms with Crippen molar-refractivity contribution in [2.24, 2.45) is 5.92 Å². The van der Waals surface area contributed by atoms with Gasteiger partial charge in [-0.2, -0.15) is 0 Å². The van der Waals surface area contributed by atoms with Crippen molar-refractivity contribution in [1.82, 2.24) is 0 Å². The van der Waals surface area contributed by atoms with Crippen molar-refractivity contribution < 1.29 is 20.4 Å². The molecule has 0 aliphatic heterocycles. The number of rotatable bonds is 3. The number of hydrogen-bond acceptors (Lipinski definition) is 5. The van der Waals surface area contributed by atoms with Gasteiger partial charge in [-0.15, -0.1) is 0 Å². The average Bonchev–Trinajstić information content (AvgIpc) is 2.63. The molecule has 0 spiro atoms. The lowest BCUT2D eigenvalue weighted by molar-refractivity contribution is -0.0307. The molecule has 0 bridgehead atoms. The van der Waals surface area contributed by atoms with Gasteiger partial charge in [-0.05, 0) is 12.1 Å². The molecule has 2 rings (SSSR count). The number of para-hydroxylation sites is 1. The van der Waals surface area contributed by atoms with E-state index in [2.05, 4.69) is 0 Å². The third-order valence-corrected chi connectivity index (χ3v) is 3.75. The van der Waals surface area contributed by atoms with Gasteiger partial charge in [0.25, 0.3) is 0 Å². The Morgan fingerprint density at radius 1 is 1.00 bits per heavy atom. The van der Waals surface area contributed by atoms with Gasteiger partial charge in [0.05, 0.1) is 18.8 Å². The number of benzene rings is 1. The maximum absolute atomic E-state index is 10.00. The summed E-state index contributed by atoms with van der Waals surface area (Å²) in [7, 11) is 1.77. The fourth-order valence-electron chi connectivity index (χ4n) is 2.68. The van der Waals surface area contributed by atoms with Crippen LogP contribution in [0.5, 0.6) is 0 Å². The van der Waals surface area contributed by atoms with E-state index in [-0.39, 0.29) is 6.61 Å². The van der Waals surface area contributed by atoms with E-state index in [1.807, 2.05) is 30.3 Å². The van der Waals surface area contributed by atoms with E-state index in [4.69, 9.17) is 0 Å². The van der Waals surface area contributed by atoms with Gasteiger partial charge in [0.2, 0.25) is 0 Å². The molecule has 1 aliphatic rings. The summed E-state index contributed by atoms with van der Waals surface area (Å²) >= 11 is 0. The molecule has 5 nitrogen and oxygen atoms in total. The number of aliphatic hydroxyl groups is 4. The molecule has 0 saturated heterocycles. The predicted octanol–water partition coefficient (Wildman–Crippen LogP) is -0.804. The van der Waals surface area contributed by atoms with Crippen molar-refractivity contribution in [3.05, 3.63) is 30.3 Å². The highest BCUT2D eigenvalue weighted by Crippen LogP contribution is 2.32. The van der Waals surface area contributed by atoms with E-state index in [1.165, 1.54) is 0 Å². The lowest BCUT2D eigenvalue weighted by Gasteiger charge is -2.33. The summed E-state index contributed by atoms with van der Waals surface area (Å²) in [4.78, 5) is 1.78. The molecule has 0 aromatic heterocycles. The third kappa shape index (κ3) is 2.10. The van der Waals surface area contributed by atoms with Gasteiger partial charge in [0.1, 0.15) is 12.2 Å². The van der Waals surface area contributed by atoms with Crippen molar-refractivity contribution in [2.75, 3.05) is 18.6 Å². The highest BCUT2D eigenvalue weighted by molar-refractivity contribution is 5.47. The van der Waals surface area contributed by atoms with Gasteiger partial charge < -0.3 is 25.3 Å². The number of anilines is 1. The quantitative estimate of drug-likeness (QED) is 0.566.